The van der Waals surface area contributed by atoms with E-state index in [0.29, 0.717) is 36.1 Å². The summed E-state index contributed by atoms with van der Waals surface area (Å²) in [7, 11) is 1.60. The van der Waals surface area contributed by atoms with Crippen LogP contribution in [0.15, 0.2) is 84.9 Å². The van der Waals surface area contributed by atoms with E-state index in [0.717, 1.165) is 30.6 Å². The van der Waals surface area contributed by atoms with Crippen LogP contribution >= 0.6 is 0 Å². The van der Waals surface area contributed by atoms with Crippen LogP contribution in [0.2, 0.25) is 0 Å². The zero-order valence-corrected chi connectivity index (χ0v) is 20.6. The summed E-state index contributed by atoms with van der Waals surface area (Å²) in [6, 6.07) is 25.8. The molecule has 37 heavy (non-hydrogen) atoms. The molecule has 1 aromatic heterocycles. The zero-order valence-electron chi connectivity index (χ0n) is 20.6. The molecule has 4 aromatic rings. The monoisotopic (exact) mass is 496 g/mol. The van der Waals surface area contributed by atoms with Crippen LogP contribution in [0, 0.1) is 16.0 Å². The number of piperidine rings is 1. The lowest BCUT2D eigenvalue weighted by molar-refractivity contribution is -0.384. The van der Waals surface area contributed by atoms with E-state index in [-0.39, 0.29) is 11.6 Å². The van der Waals surface area contributed by atoms with E-state index in [1.54, 1.807) is 25.3 Å². The topological polar surface area (TPSA) is 90.5 Å². The minimum absolute atomic E-state index is 0.0564. The molecule has 5 rings (SSSR count). The summed E-state index contributed by atoms with van der Waals surface area (Å²) in [6.07, 6.45) is 2.87. The lowest BCUT2D eigenvalue weighted by Crippen LogP contribution is -2.39. The SMILES string of the molecule is COc1ccc(-c2cc(C(=O)N3CCC(Cc4ccccc4)CC3)n(-c3cccc([N+](=O)[O-])c3)n2)cc1. The molecule has 0 radical (unpaired) electrons. The van der Waals surface area contributed by atoms with Gasteiger partial charge in [-0.05, 0) is 67.1 Å². The van der Waals surface area contributed by atoms with E-state index >= 15 is 0 Å². The third-order valence-corrected chi connectivity index (χ3v) is 6.87. The van der Waals surface area contributed by atoms with E-state index < -0.39 is 4.92 Å². The second-order valence-electron chi connectivity index (χ2n) is 9.26. The average Bonchev–Trinajstić information content (AvgIpc) is 3.39. The molecule has 0 N–H and O–H groups in total. The molecule has 0 unspecified atom stereocenters. The van der Waals surface area contributed by atoms with Gasteiger partial charge >= 0.3 is 0 Å². The first kappa shape index (κ1) is 24.2. The van der Waals surface area contributed by atoms with Crippen molar-refractivity contribution in [3.63, 3.8) is 0 Å². The van der Waals surface area contributed by atoms with Crippen molar-refractivity contribution in [1.82, 2.24) is 14.7 Å². The molecule has 0 bridgehead atoms. The number of nitro groups is 1. The molecule has 0 atom stereocenters. The summed E-state index contributed by atoms with van der Waals surface area (Å²) >= 11 is 0. The number of carbonyl (C=O) groups excluding carboxylic acids is 1. The molecule has 1 saturated heterocycles. The molecular formula is C29H28N4O4. The van der Waals surface area contributed by atoms with E-state index in [1.165, 1.54) is 22.4 Å². The Labute approximate surface area is 215 Å². The number of nitro benzene ring substituents is 1. The summed E-state index contributed by atoms with van der Waals surface area (Å²) in [5, 5.41) is 16.1. The van der Waals surface area contributed by atoms with Gasteiger partial charge in [-0.25, -0.2) is 4.68 Å². The standard InChI is InChI=1S/C29H28N4O4/c1-37-26-12-10-23(11-13-26)27-20-28(32(30-27)24-8-5-9-25(19-24)33(35)36)29(34)31-16-14-22(15-17-31)18-21-6-3-2-4-7-21/h2-13,19-20,22H,14-18H2,1H3. The molecule has 0 saturated carbocycles. The maximum Gasteiger partial charge on any atom is 0.272 e. The first-order chi connectivity index (χ1) is 18.0. The molecule has 1 fully saturated rings. The van der Waals surface area contributed by atoms with Crippen molar-refractivity contribution in [2.24, 2.45) is 5.92 Å². The van der Waals surface area contributed by atoms with E-state index in [9.17, 15) is 14.9 Å². The maximum absolute atomic E-state index is 13.7. The lowest BCUT2D eigenvalue weighted by atomic mass is 9.90. The molecule has 1 aliphatic heterocycles. The maximum atomic E-state index is 13.7. The molecule has 188 valence electrons. The first-order valence-corrected chi connectivity index (χ1v) is 12.3. The number of nitrogens with zero attached hydrogens (tertiary/aromatic N) is 4. The first-order valence-electron chi connectivity index (χ1n) is 12.3. The molecule has 3 aromatic carbocycles. The third-order valence-electron chi connectivity index (χ3n) is 6.87. The number of amides is 1. The summed E-state index contributed by atoms with van der Waals surface area (Å²) < 4.78 is 6.77. The van der Waals surface area contributed by atoms with Gasteiger partial charge < -0.3 is 9.64 Å². The Morgan fingerprint density at radius 1 is 1.00 bits per heavy atom. The summed E-state index contributed by atoms with van der Waals surface area (Å²) in [6.45, 7) is 1.32. The van der Waals surface area contributed by atoms with Crippen LogP contribution < -0.4 is 4.74 Å². The van der Waals surface area contributed by atoms with Crippen LogP contribution in [0.3, 0.4) is 0 Å². The fourth-order valence-electron chi connectivity index (χ4n) is 4.82. The Morgan fingerprint density at radius 2 is 1.73 bits per heavy atom. The van der Waals surface area contributed by atoms with Crippen LogP contribution in [0.5, 0.6) is 5.75 Å². The van der Waals surface area contributed by atoms with Gasteiger partial charge in [-0.1, -0.05) is 36.4 Å². The Morgan fingerprint density at radius 3 is 2.41 bits per heavy atom. The normalized spacial score (nSPS) is 13.9. The average molecular weight is 497 g/mol. The molecule has 1 amide bonds. The molecular weight excluding hydrogens is 468 g/mol. The van der Waals surface area contributed by atoms with Crippen molar-refractivity contribution < 1.29 is 14.5 Å². The van der Waals surface area contributed by atoms with Crippen molar-refractivity contribution in [3.05, 3.63) is 106 Å². The number of ether oxygens (including phenoxy) is 1. The predicted molar refractivity (Wildman–Crippen MR) is 141 cm³/mol. The second-order valence-corrected chi connectivity index (χ2v) is 9.26. The Hall–Kier alpha value is -4.46. The van der Waals surface area contributed by atoms with Crippen LogP contribution in [0.1, 0.15) is 28.9 Å². The minimum Gasteiger partial charge on any atom is -0.497 e. The van der Waals surface area contributed by atoms with Gasteiger partial charge in [0, 0.05) is 30.8 Å². The number of aromatic nitrogens is 2. The molecule has 8 nitrogen and oxygen atoms in total. The lowest BCUT2D eigenvalue weighted by Gasteiger charge is -2.32. The van der Waals surface area contributed by atoms with Gasteiger partial charge in [-0.3, -0.25) is 14.9 Å². The van der Waals surface area contributed by atoms with Gasteiger partial charge in [0.1, 0.15) is 11.4 Å². The van der Waals surface area contributed by atoms with Crippen LogP contribution in [-0.4, -0.2) is 45.7 Å². The van der Waals surface area contributed by atoms with E-state index in [1.807, 2.05) is 35.2 Å². The Bertz CT molecular complexity index is 1390. The zero-order chi connectivity index (χ0) is 25.8. The van der Waals surface area contributed by atoms with Crippen LogP contribution in [0.25, 0.3) is 16.9 Å². The number of methoxy groups -OCH3 is 1. The minimum atomic E-state index is -0.448. The van der Waals surface area contributed by atoms with Gasteiger partial charge in [-0.2, -0.15) is 5.10 Å². The van der Waals surface area contributed by atoms with Gasteiger partial charge in [0.25, 0.3) is 11.6 Å². The fraction of sp³-hybridized carbons (Fsp3) is 0.241. The van der Waals surface area contributed by atoms with Crippen LogP contribution in [0.4, 0.5) is 5.69 Å². The second kappa shape index (κ2) is 10.7. The quantitative estimate of drug-likeness (QED) is 0.247. The molecule has 0 spiro atoms. The number of rotatable bonds is 7. The number of non-ortho nitro benzene ring substituents is 1. The Balaban J connectivity index is 1.42. The summed E-state index contributed by atoms with van der Waals surface area (Å²) in [4.78, 5) is 26.5. The molecule has 1 aliphatic rings. The predicted octanol–water partition coefficient (Wildman–Crippen LogP) is 5.55. The highest BCUT2D eigenvalue weighted by Gasteiger charge is 2.27. The molecule has 8 heteroatoms. The highest BCUT2D eigenvalue weighted by Crippen LogP contribution is 2.28. The van der Waals surface area contributed by atoms with Crippen molar-refractivity contribution in [1.29, 1.82) is 0 Å². The summed E-state index contributed by atoms with van der Waals surface area (Å²) in [5.74, 6) is 1.12. The summed E-state index contributed by atoms with van der Waals surface area (Å²) in [5.41, 5.74) is 3.54. The number of carbonyl (C=O) groups is 1. The van der Waals surface area contributed by atoms with Gasteiger partial charge in [-0.15, -0.1) is 0 Å². The van der Waals surface area contributed by atoms with Crippen LogP contribution in [-0.2, 0) is 6.42 Å². The van der Waals surface area contributed by atoms with Crippen molar-refractivity contribution in [2.75, 3.05) is 20.2 Å². The Kier molecular flexibility index (Phi) is 6.98. The van der Waals surface area contributed by atoms with Crippen molar-refractivity contribution in [3.8, 4) is 22.7 Å². The molecule has 2 heterocycles. The number of hydrogen-bond donors (Lipinski definition) is 0. The third kappa shape index (κ3) is 5.38. The van der Waals surface area contributed by atoms with Crippen molar-refractivity contribution in [2.45, 2.75) is 19.3 Å². The largest absolute Gasteiger partial charge is 0.497 e. The van der Waals surface area contributed by atoms with Gasteiger partial charge in [0.05, 0.1) is 23.4 Å². The van der Waals surface area contributed by atoms with Crippen molar-refractivity contribution >= 4 is 11.6 Å². The molecule has 0 aliphatic carbocycles. The van der Waals surface area contributed by atoms with Gasteiger partial charge in [0.15, 0.2) is 0 Å². The number of benzene rings is 3. The fourth-order valence-corrected chi connectivity index (χ4v) is 4.82. The van der Waals surface area contributed by atoms with Gasteiger partial charge in [0.2, 0.25) is 0 Å². The number of likely N-dealkylation sites (tertiary alicyclic amines) is 1. The highest BCUT2D eigenvalue weighted by atomic mass is 16.6. The van der Waals surface area contributed by atoms with E-state index in [2.05, 4.69) is 24.3 Å². The highest BCUT2D eigenvalue weighted by molar-refractivity contribution is 5.94. The van der Waals surface area contributed by atoms with E-state index in [4.69, 9.17) is 9.84 Å². The smallest absolute Gasteiger partial charge is 0.272 e. The number of hydrogen-bond acceptors (Lipinski definition) is 5.